The van der Waals surface area contributed by atoms with Crippen molar-refractivity contribution < 1.29 is 23.0 Å². The number of carbonyl (C=O) groups is 1. The molecule has 0 atom stereocenters. The predicted molar refractivity (Wildman–Crippen MR) is 85.8 cm³/mol. The topological polar surface area (TPSA) is 47.6 Å². The summed E-state index contributed by atoms with van der Waals surface area (Å²) in [4.78, 5) is 12.1. The zero-order chi connectivity index (χ0) is 16.8. The molecule has 0 aliphatic carbocycles. The van der Waals surface area contributed by atoms with Crippen molar-refractivity contribution in [3.8, 4) is 5.75 Å². The minimum atomic E-state index is -0.612. The number of hydrogen-bond donors (Lipinski definition) is 1. The van der Waals surface area contributed by atoms with Crippen LogP contribution < -0.4 is 10.1 Å². The summed E-state index contributed by atoms with van der Waals surface area (Å²) in [5.41, 5.74) is 0.365. The number of rotatable bonds is 6. The van der Waals surface area contributed by atoms with Gasteiger partial charge in [0.15, 0.2) is 11.6 Å². The van der Waals surface area contributed by atoms with Crippen molar-refractivity contribution in [3.63, 3.8) is 0 Å². The van der Waals surface area contributed by atoms with Gasteiger partial charge in [0.1, 0.15) is 12.4 Å². The number of benzene rings is 2. The molecule has 0 aromatic heterocycles. The van der Waals surface area contributed by atoms with E-state index in [4.69, 9.17) is 9.47 Å². The molecule has 0 aliphatic rings. The van der Waals surface area contributed by atoms with Crippen LogP contribution in [0.4, 0.5) is 14.5 Å². The summed E-state index contributed by atoms with van der Waals surface area (Å²) in [5.74, 6) is -1.64. The molecule has 2 rings (SSSR count). The van der Waals surface area contributed by atoms with E-state index < -0.39 is 17.5 Å². The lowest BCUT2D eigenvalue weighted by Gasteiger charge is -2.09. The average molecular weight is 386 g/mol. The lowest BCUT2D eigenvalue weighted by molar-refractivity contribution is 0.102. The molecule has 122 valence electrons. The molecule has 0 spiro atoms. The highest BCUT2D eigenvalue weighted by Gasteiger charge is 2.11. The summed E-state index contributed by atoms with van der Waals surface area (Å²) < 4.78 is 37.6. The van der Waals surface area contributed by atoms with E-state index in [9.17, 15) is 13.6 Å². The van der Waals surface area contributed by atoms with Crippen molar-refractivity contribution in [2.45, 2.75) is 0 Å². The van der Waals surface area contributed by atoms with Gasteiger partial charge in [-0.05, 0) is 30.3 Å². The van der Waals surface area contributed by atoms with Crippen LogP contribution in [0.2, 0.25) is 0 Å². The Labute approximate surface area is 140 Å². The molecular formula is C16H14BrF2NO3. The molecule has 0 saturated carbocycles. The fraction of sp³-hybridized carbons (Fsp3) is 0.188. The third-order valence-corrected chi connectivity index (χ3v) is 3.32. The van der Waals surface area contributed by atoms with Gasteiger partial charge in [-0.2, -0.15) is 0 Å². The number of hydrogen-bond acceptors (Lipinski definition) is 3. The standard InChI is InChI=1S/C16H14BrF2NO3/c1-22-4-5-23-15-3-2-13(9-14(15)19)20-16(21)10-6-11(17)8-12(18)7-10/h2-3,6-9H,4-5H2,1H3,(H,20,21). The van der Waals surface area contributed by atoms with Crippen molar-refractivity contribution in [1.82, 2.24) is 0 Å². The second-order valence-corrected chi connectivity index (χ2v) is 5.51. The highest BCUT2D eigenvalue weighted by atomic mass is 79.9. The first-order valence-corrected chi connectivity index (χ1v) is 7.47. The highest BCUT2D eigenvalue weighted by Crippen LogP contribution is 2.22. The van der Waals surface area contributed by atoms with Crippen LogP contribution in [0.1, 0.15) is 10.4 Å². The first kappa shape index (κ1) is 17.4. The molecule has 1 amide bonds. The van der Waals surface area contributed by atoms with E-state index in [1.807, 2.05) is 0 Å². The zero-order valence-electron chi connectivity index (χ0n) is 12.2. The van der Waals surface area contributed by atoms with Crippen LogP contribution in [0.15, 0.2) is 40.9 Å². The predicted octanol–water partition coefficient (Wildman–Crippen LogP) is 4.00. The number of methoxy groups -OCH3 is 1. The van der Waals surface area contributed by atoms with Crippen molar-refractivity contribution >= 4 is 27.5 Å². The van der Waals surface area contributed by atoms with Gasteiger partial charge in [-0.25, -0.2) is 8.78 Å². The Kier molecular flexibility index (Phi) is 6.06. The quantitative estimate of drug-likeness (QED) is 0.764. The lowest BCUT2D eigenvalue weighted by Crippen LogP contribution is -2.12. The molecule has 7 heteroatoms. The number of halogens is 3. The average Bonchev–Trinajstić information content (AvgIpc) is 2.48. The molecule has 0 heterocycles. The number of ether oxygens (including phenoxy) is 2. The molecule has 0 saturated heterocycles. The Morgan fingerprint density at radius 3 is 2.61 bits per heavy atom. The molecule has 0 fully saturated rings. The second-order valence-electron chi connectivity index (χ2n) is 4.60. The molecule has 0 bridgehead atoms. The number of nitrogens with one attached hydrogen (secondary N) is 1. The molecule has 2 aromatic carbocycles. The number of anilines is 1. The largest absolute Gasteiger partial charge is 0.488 e. The first-order chi connectivity index (χ1) is 11.0. The number of carbonyl (C=O) groups excluding carboxylic acids is 1. The van der Waals surface area contributed by atoms with E-state index in [0.717, 1.165) is 12.1 Å². The van der Waals surface area contributed by atoms with Crippen LogP contribution in [0.25, 0.3) is 0 Å². The van der Waals surface area contributed by atoms with Gasteiger partial charge in [0, 0.05) is 28.9 Å². The minimum Gasteiger partial charge on any atom is -0.488 e. The van der Waals surface area contributed by atoms with Crippen LogP contribution in [0, 0.1) is 11.6 Å². The fourth-order valence-corrected chi connectivity index (χ4v) is 2.28. The monoisotopic (exact) mass is 385 g/mol. The molecule has 1 N–H and O–H groups in total. The van der Waals surface area contributed by atoms with Crippen LogP contribution in [-0.2, 0) is 4.74 Å². The van der Waals surface area contributed by atoms with Crippen molar-refractivity contribution in [2.75, 3.05) is 25.6 Å². The van der Waals surface area contributed by atoms with E-state index >= 15 is 0 Å². The van der Waals surface area contributed by atoms with Gasteiger partial charge in [0.05, 0.1) is 6.61 Å². The van der Waals surface area contributed by atoms with Crippen LogP contribution in [0.3, 0.4) is 0 Å². The van der Waals surface area contributed by atoms with Gasteiger partial charge in [-0.1, -0.05) is 15.9 Å². The lowest BCUT2D eigenvalue weighted by atomic mass is 10.2. The van der Waals surface area contributed by atoms with Crippen LogP contribution in [0.5, 0.6) is 5.75 Å². The molecule has 0 radical (unpaired) electrons. The van der Waals surface area contributed by atoms with E-state index in [0.29, 0.717) is 11.1 Å². The second kappa shape index (κ2) is 8.03. The fourth-order valence-electron chi connectivity index (χ4n) is 1.82. The first-order valence-electron chi connectivity index (χ1n) is 6.68. The smallest absolute Gasteiger partial charge is 0.255 e. The summed E-state index contributed by atoms with van der Waals surface area (Å²) in [6.45, 7) is 0.558. The molecule has 4 nitrogen and oxygen atoms in total. The van der Waals surface area contributed by atoms with E-state index in [1.165, 1.54) is 31.4 Å². The van der Waals surface area contributed by atoms with Crippen molar-refractivity contribution in [1.29, 1.82) is 0 Å². The Balaban J connectivity index is 2.07. The normalized spacial score (nSPS) is 10.4. The summed E-state index contributed by atoms with van der Waals surface area (Å²) in [6, 6.07) is 7.84. The maximum atomic E-state index is 13.9. The summed E-state index contributed by atoms with van der Waals surface area (Å²) in [7, 11) is 1.52. The Bertz CT molecular complexity index is 689. The summed E-state index contributed by atoms with van der Waals surface area (Å²) >= 11 is 3.11. The van der Waals surface area contributed by atoms with Crippen LogP contribution in [-0.4, -0.2) is 26.2 Å². The number of amides is 1. The molecule has 23 heavy (non-hydrogen) atoms. The van der Waals surface area contributed by atoms with Gasteiger partial charge < -0.3 is 14.8 Å². The maximum Gasteiger partial charge on any atom is 0.255 e. The Morgan fingerprint density at radius 1 is 1.17 bits per heavy atom. The van der Waals surface area contributed by atoms with Gasteiger partial charge in [-0.3, -0.25) is 4.79 Å². The minimum absolute atomic E-state index is 0.0635. The zero-order valence-corrected chi connectivity index (χ0v) is 13.8. The van der Waals surface area contributed by atoms with Gasteiger partial charge >= 0.3 is 0 Å². The van der Waals surface area contributed by atoms with E-state index in [-0.39, 0.29) is 23.6 Å². The molecule has 0 unspecified atom stereocenters. The van der Waals surface area contributed by atoms with Gasteiger partial charge in [0.25, 0.3) is 5.91 Å². The molecule has 0 aliphatic heterocycles. The maximum absolute atomic E-state index is 13.9. The highest BCUT2D eigenvalue weighted by molar-refractivity contribution is 9.10. The summed E-state index contributed by atoms with van der Waals surface area (Å²) in [5, 5.41) is 2.50. The van der Waals surface area contributed by atoms with Gasteiger partial charge in [-0.15, -0.1) is 0 Å². The molecular weight excluding hydrogens is 372 g/mol. The third kappa shape index (κ3) is 5.01. The van der Waals surface area contributed by atoms with Crippen molar-refractivity contribution in [3.05, 3.63) is 58.1 Å². The van der Waals surface area contributed by atoms with Crippen molar-refractivity contribution in [2.24, 2.45) is 0 Å². The molecule has 2 aromatic rings. The Hall–Kier alpha value is -1.99. The Morgan fingerprint density at radius 2 is 1.96 bits per heavy atom. The summed E-state index contributed by atoms with van der Waals surface area (Å²) in [6.07, 6.45) is 0. The van der Waals surface area contributed by atoms with E-state index in [1.54, 1.807) is 0 Å². The SMILES string of the molecule is COCCOc1ccc(NC(=O)c2cc(F)cc(Br)c2)cc1F. The van der Waals surface area contributed by atoms with Crippen LogP contribution >= 0.6 is 15.9 Å². The van der Waals surface area contributed by atoms with Gasteiger partial charge in [0.2, 0.25) is 0 Å². The van der Waals surface area contributed by atoms with E-state index in [2.05, 4.69) is 21.2 Å². The third-order valence-electron chi connectivity index (χ3n) is 2.86.